The molecule has 1 saturated heterocycles. The van der Waals surface area contributed by atoms with Crippen LogP contribution in [0.5, 0.6) is 0 Å². The third-order valence-corrected chi connectivity index (χ3v) is 11.8. The molecule has 0 aromatic heterocycles. The number of ether oxygens (including phenoxy) is 7. The van der Waals surface area contributed by atoms with E-state index in [4.69, 9.17) is 33.2 Å². The van der Waals surface area contributed by atoms with Gasteiger partial charge < -0.3 is 33.2 Å². The van der Waals surface area contributed by atoms with Crippen LogP contribution in [-0.2, 0) is 66.7 Å². The molecule has 7 unspecified atom stereocenters. The monoisotopic (exact) mass is 704 g/mol. The molecule has 0 N–H and O–H groups in total. The highest BCUT2D eigenvalue weighted by Crippen LogP contribution is 2.67. The molecule has 14 nitrogen and oxygen atoms in total. The molecule has 50 heavy (non-hydrogen) atoms. The zero-order valence-corrected chi connectivity index (χ0v) is 29.7. The number of Topliss-reactive ketones (excluding diaryl/α,β-unsaturated/α-hetero) is 1. The van der Waals surface area contributed by atoms with Crippen LogP contribution in [0.15, 0.2) is 11.6 Å². The highest BCUT2D eigenvalue weighted by molar-refractivity contribution is 5.91. The van der Waals surface area contributed by atoms with Gasteiger partial charge in [0, 0.05) is 40.0 Å². The van der Waals surface area contributed by atoms with Crippen LogP contribution in [0.4, 0.5) is 0 Å². The van der Waals surface area contributed by atoms with Crippen molar-refractivity contribution in [3.63, 3.8) is 0 Å². The van der Waals surface area contributed by atoms with Crippen LogP contribution in [-0.4, -0.2) is 91.9 Å². The van der Waals surface area contributed by atoms with Gasteiger partial charge in [0.05, 0.1) is 13.2 Å². The van der Waals surface area contributed by atoms with Crippen LogP contribution < -0.4 is 0 Å². The molecule has 12 atom stereocenters. The fourth-order valence-corrected chi connectivity index (χ4v) is 9.94. The number of hydrogen-bond acceptors (Lipinski definition) is 14. The molecule has 4 aliphatic carbocycles. The number of esters is 5. The molecule has 1 heterocycles. The molecular weight excluding hydrogens is 656 g/mol. The summed E-state index contributed by atoms with van der Waals surface area (Å²) in [4.78, 5) is 88.0. The third-order valence-electron chi connectivity index (χ3n) is 11.8. The van der Waals surface area contributed by atoms with E-state index in [1.54, 1.807) is 6.08 Å². The molecule has 0 amide bonds. The summed E-state index contributed by atoms with van der Waals surface area (Å²) in [6.07, 6.45) is -2.43. The first-order valence-electron chi connectivity index (χ1n) is 17.3. The molecule has 0 bridgehead atoms. The van der Waals surface area contributed by atoms with E-state index in [1.165, 1.54) is 6.92 Å². The zero-order valence-electron chi connectivity index (χ0n) is 29.7. The summed E-state index contributed by atoms with van der Waals surface area (Å²) in [5.41, 5.74) is -0.00601. The number of carbonyl (C=O) groups is 7. The Labute approximate surface area is 291 Å². The van der Waals surface area contributed by atoms with Crippen molar-refractivity contribution < 1.29 is 66.7 Å². The van der Waals surface area contributed by atoms with Gasteiger partial charge in [-0.15, -0.1) is 0 Å². The normalized spacial score (nSPS) is 39.0. The van der Waals surface area contributed by atoms with Crippen molar-refractivity contribution in [2.24, 2.45) is 34.5 Å². The molecule has 4 fully saturated rings. The van der Waals surface area contributed by atoms with E-state index in [-0.39, 0.29) is 35.9 Å². The number of allylic oxidation sites excluding steroid dienone is 1. The van der Waals surface area contributed by atoms with Gasteiger partial charge in [0.2, 0.25) is 0 Å². The summed E-state index contributed by atoms with van der Waals surface area (Å²) in [5, 5.41) is 0. The maximum absolute atomic E-state index is 13.6. The minimum absolute atomic E-state index is 0.0610. The fourth-order valence-electron chi connectivity index (χ4n) is 9.94. The van der Waals surface area contributed by atoms with Crippen molar-refractivity contribution in [1.82, 2.24) is 0 Å². The SMILES string of the molecule is COC(=O)[C@H]1O[C@@H](OC2CC3(C)C(C(=O)COC(C)=O)CCC3C3CCC4=CC(=O)CCC4(C)C23)[C@H](OC(C)=O)[C@@H](OC(C)=O)[C@@H]1OC(C)=O. The molecule has 14 heteroatoms. The van der Waals surface area contributed by atoms with Gasteiger partial charge in [0.1, 0.15) is 6.61 Å². The molecule has 5 aliphatic rings. The van der Waals surface area contributed by atoms with E-state index >= 15 is 0 Å². The van der Waals surface area contributed by atoms with Gasteiger partial charge in [-0.1, -0.05) is 19.4 Å². The van der Waals surface area contributed by atoms with Crippen LogP contribution in [0.25, 0.3) is 0 Å². The molecule has 3 saturated carbocycles. The van der Waals surface area contributed by atoms with Crippen LogP contribution >= 0.6 is 0 Å². The summed E-state index contributed by atoms with van der Waals surface area (Å²) in [7, 11) is 1.12. The van der Waals surface area contributed by atoms with Crippen molar-refractivity contribution in [2.45, 2.75) is 123 Å². The first-order valence-corrected chi connectivity index (χ1v) is 17.3. The standard InChI is InChI=1S/C36H48O14/c1-17(37)45-16-26(42)25-11-10-24-23-9-8-21-14-22(41)12-13-35(21,5)28(23)27(15-36(24,25)6)49-34-32(48-20(4)40)30(47-19(3)39)29(46-18(2)38)31(50-34)33(43)44-7/h14,23-25,27-32,34H,8-13,15-16H2,1-7H3/t23?,24?,25?,27?,28?,29-,30-,31-,32+,34+,35?,36?/m0/s1. The van der Waals surface area contributed by atoms with E-state index in [9.17, 15) is 33.6 Å². The van der Waals surface area contributed by atoms with Crippen LogP contribution in [0.3, 0.4) is 0 Å². The van der Waals surface area contributed by atoms with E-state index in [0.29, 0.717) is 32.1 Å². The summed E-state index contributed by atoms with van der Waals surface area (Å²) < 4.78 is 39.9. The Morgan fingerprint density at radius 1 is 0.840 bits per heavy atom. The first kappa shape index (κ1) is 37.6. The molecule has 276 valence electrons. The van der Waals surface area contributed by atoms with Gasteiger partial charge in [-0.2, -0.15) is 0 Å². The summed E-state index contributed by atoms with van der Waals surface area (Å²) in [6, 6.07) is 0. The lowest BCUT2D eigenvalue weighted by Crippen LogP contribution is -2.65. The van der Waals surface area contributed by atoms with Crippen LogP contribution in [0, 0.1) is 34.5 Å². The van der Waals surface area contributed by atoms with Gasteiger partial charge in [-0.05, 0) is 73.2 Å². The molecule has 0 aromatic carbocycles. The first-order chi connectivity index (χ1) is 23.5. The Kier molecular flexibility index (Phi) is 10.9. The number of rotatable bonds is 9. The van der Waals surface area contributed by atoms with Crippen molar-refractivity contribution in [3.8, 4) is 0 Å². The second-order valence-electron chi connectivity index (χ2n) is 14.8. The molecular formula is C36H48O14. The Balaban J connectivity index is 1.59. The number of hydrogen-bond donors (Lipinski definition) is 0. The minimum Gasteiger partial charge on any atom is -0.467 e. The van der Waals surface area contributed by atoms with Crippen molar-refractivity contribution in [2.75, 3.05) is 13.7 Å². The van der Waals surface area contributed by atoms with Crippen molar-refractivity contribution >= 4 is 41.4 Å². The van der Waals surface area contributed by atoms with Crippen molar-refractivity contribution in [3.05, 3.63) is 11.6 Å². The van der Waals surface area contributed by atoms with Gasteiger partial charge in [-0.25, -0.2) is 4.79 Å². The third kappa shape index (κ3) is 7.10. The number of fused-ring (bicyclic) bond motifs is 5. The highest BCUT2D eigenvalue weighted by atomic mass is 16.7. The van der Waals surface area contributed by atoms with Gasteiger partial charge >= 0.3 is 29.8 Å². The van der Waals surface area contributed by atoms with Gasteiger partial charge in [-0.3, -0.25) is 28.8 Å². The van der Waals surface area contributed by atoms with Crippen LogP contribution in [0.2, 0.25) is 0 Å². The predicted octanol–water partition coefficient (Wildman–Crippen LogP) is 2.95. The maximum atomic E-state index is 13.6. The summed E-state index contributed by atoms with van der Waals surface area (Å²) in [6.45, 7) is 8.49. The molecule has 1 aliphatic heterocycles. The molecule has 0 radical (unpaired) electrons. The zero-order chi connectivity index (χ0) is 36.7. The largest absolute Gasteiger partial charge is 0.467 e. The lowest BCUT2D eigenvalue weighted by molar-refractivity contribution is -0.324. The summed E-state index contributed by atoms with van der Waals surface area (Å²) in [5.74, 6) is -4.41. The lowest BCUT2D eigenvalue weighted by Gasteiger charge is -2.61. The topological polar surface area (TPSA) is 184 Å². The second-order valence-corrected chi connectivity index (χ2v) is 14.8. The smallest absolute Gasteiger partial charge is 0.339 e. The number of methoxy groups -OCH3 is 1. The molecule has 0 aromatic rings. The molecule has 5 rings (SSSR count). The maximum Gasteiger partial charge on any atom is 0.339 e. The van der Waals surface area contributed by atoms with E-state index in [2.05, 4.69) is 13.8 Å². The van der Waals surface area contributed by atoms with E-state index < -0.39 is 83.4 Å². The number of carbonyl (C=O) groups excluding carboxylic acids is 7. The summed E-state index contributed by atoms with van der Waals surface area (Å²) >= 11 is 0. The second kappa shape index (κ2) is 14.5. The number of ketones is 2. The highest BCUT2D eigenvalue weighted by Gasteiger charge is 2.65. The van der Waals surface area contributed by atoms with Crippen molar-refractivity contribution in [1.29, 1.82) is 0 Å². The van der Waals surface area contributed by atoms with Crippen LogP contribution in [0.1, 0.15) is 86.5 Å². The quantitative estimate of drug-likeness (QED) is 0.252. The Bertz CT molecular complexity index is 1450. The van der Waals surface area contributed by atoms with E-state index in [1.807, 2.05) is 0 Å². The Morgan fingerprint density at radius 2 is 1.48 bits per heavy atom. The molecule has 0 spiro atoms. The van der Waals surface area contributed by atoms with Gasteiger partial charge in [0.15, 0.2) is 42.3 Å². The fraction of sp³-hybridized carbons (Fsp3) is 0.750. The van der Waals surface area contributed by atoms with E-state index in [0.717, 1.165) is 46.3 Å². The average molecular weight is 705 g/mol. The lowest BCUT2D eigenvalue weighted by atomic mass is 9.45. The predicted molar refractivity (Wildman–Crippen MR) is 169 cm³/mol. The average Bonchev–Trinajstić information content (AvgIpc) is 3.38. The Hall–Kier alpha value is -3.65. The minimum atomic E-state index is -1.62. The van der Waals surface area contributed by atoms with Gasteiger partial charge in [0.25, 0.3) is 0 Å². The Morgan fingerprint density at radius 3 is 2.10 bits per heavy atom.